The Morgan fingerprint density at radius 1 is 1.31 bits per heavy atom. The highest BCUT2D eigenvalue weighted by Crippen LogP contribution is 2.35. The van der Waals surface area contributed by atoms with Crippen molar-refractivity contribution < 1.29 is 14.3 Å². The number of ether oxygens (including phenoxy) is 2. The van der Waals surface area contributed by atoms with Gasteiger partial charge in [-0.05, 0) is 45.7 Å². The van der Waals surface area contributed by atoms with Crippen molar-refractivity contribution in [3.05, 3.63) is 34.7 Å². The van der Waals surface area contributed by atoms with E-state index in [2.05, 4.69) is 5.38 Å². The maximum absolute atomic E-state index is 12.4. The average Bonchev–Trinajstić information content (AvgIpc) is 3.10. The normalized spacial score (nSPS) is 17.8. The highest BCUT2D eigenvalue weighted by molar-refractivity contribution is 7.10. The van der Waals surface area contributed by atoms with Crippen molar-refractivity contribution >= 4 is 17.4 Å². The molecule has 0 bridgehead atoms. The van der Waals surface area contributed by atoms with Gasteiger partial charge in [0.1, 0.15) is 11.4 Å². The number of hydrogen-bond acceptors (Lipinski definition) is 5. The molecule has 1 aliphatic heterocycles. The summed E-state index contributed by atoms with van der Waals surface area (Å²) in [5.41, 5.74) is 1.46. The molecule has 140 valence electrons. The number of para-hydroxylation sites is 1. The molecule has 0 unspecified atom stereocenters. The third kappa shape index (κ3) is 4.36. The van der Waals surface area contributed by atoms with Gasteiger partial charge in [0.05, 0.1) is 17.8 Å². The number of rotatable bonds is 3. The minimum atomic E-state index is -0.470. The van der Waals surface area contributed by atoms with Crippen LogP contribution in [-0.4, -0.2) is 41.8 Å². The fourth-order valence-electron chi connectivity index (χ4n) is 3.13. The molecule has 26 heavy (non-hydrogen) atoms. The number of methoxy groups -OCH3 is 1. The molecule has 6 heteroatoms. The highest BCUT2D eigenvalue weighted by Gasteiger charge is 2.29. The number of nitrogens with zero attached hydrogens (tertiary/aromatic N) is 2. The summed E-state index contributed by atoms with van der Waals surface area (Å²) >= 11 is 1.65. The van der Waals surface area contributed by atoms with Gasteiger partial charge in [-0.15, -0.1) is 11.3 Å². The third-order valence-corrected chi connectivity index (χ3v) is 5.33. The van der Waals surface area contributed by atoms with Crippen molar-refractivity contribution in [2.24, 2.45) is 0 Å². The predicted octanol–water partition coefficient (Wildman–Crippen LogP) is 4.93. The van der Waals surface area contributed by atoms with Crippen molar-refractivity contribution in [2.45, 2.75) is 45.1 Å². The number of benzene rings is 1. The first kappa shape index (κ1) is 18.7. The van der Waals surface area contributed by atoms with Gasteiger partial charge < -0.3 is 14.4 Å². The minimum Gasteiger partial charge on any atom is -0.496 e. The summed E-state index contributed by atoms with van der Waals surface area (Å²) < 4.78 is 11.0. The van der Waals surface area contributed by atoms with Crippen LogP contribution >= 0.6 is 11.3 Å². The second-order valence-electron chi connectivity index (χ2n) is 7.54. The number of likely N-dealkylation sites (tertiary alicyclic amines) is 1. The Morgan fingerprint density at radius 2 is 2.08 bits per heavy atom. The molecule has 0 N–H and O–H groups in total. The standard InChI is InChI=1S/C20H26N2O3S/c1-20(2,3)25-19(23)22-11-7-8-14(12-22)18-21-16(13-26-18)15-9-5-6-10-17(15)24-4/h5-6,9-10,13-14H,7-8,11-12H2,1-4H3/t14-/m1/s1. The largest absolute Gasteiger partial charge is 0.496 e. The molecular weight excluding hydrogens is 348 g/mol. The van der Waals surface area contributed by atoms with Gasteiger partial charge in [0.2, 0.25) is 0 Å². The number of carbonyl (C=O) groups is 1. The van der Waals surface area contributed by atoms with Crippen LogP contribution in [0.25, 0.3) is 11.3 Å². The smallest absolute Gasteiger partial charge is 0.410 e. The summed E-state index contributed by atoms with van der Waals surface area (Å²) in [4.78, 5) is 19.0. The van der Waals surface area contributed by atoms with Crippen LogP contribution in [0.5, 0.6) is 5.75 Å². The molecule has 1 fully saturated rings. The lowest BCUT2D eigenvalue weighted by molar-refractivity contribution is 0.0198. The van der Waals surface area contributed by atoms with E-state index in [4.69, 9.17) is 14.5 Å². The van der Waals surface area contributed by atoms with Crippen molar-refractivity contribution in [1.82, 2.24) is 9.88 Å². The Labute approximate surface area is 159 Å². The summed E-state index contributed by atoms with van der Waals surface area (Å²) in [6.07, 6.45) is 1.77. The molecule has 2 heterocycles. The lowest BCUT2D eigenvalue weighted by Crippen LogP contribution is -2.42. The van der Waals surface area contributed by atoms with Gasteiger partial charge in [0.25, 0.3) is 0 Å². The molecule has 1 amide bonds. The monoisotopic (exact) mass is 374 g/mol. The molecule has 0 radical (unpaired) electrons. The van der Waals surface area contributed by atoms with Gasteiger partial charge in [-0.3, -0.25) is 0 Å². The maximum atomic E-state index is 12.4. The Hall–Kier alpha value is -2.08. The van der Waals surface area contributed by atoms with Crippen LogP contribution in [0.2, 0.25) is 0 Å². The summed E-state index contributed by atoms with van der Waals surface area (Å²) in [5, 5.41) is 3.14. The number of hydrogen-bond donors (Lipinski definition) is 0. The first-order chi connectivity index (χ1) is 12.4. The van der Waals surface area contributed by atoms with Crippen LogP contribution in [-0.2, 0) is 4.74 Å². The number of piperidine rings is 1. The number of thiazole rings is 1. The van der Waals surface area contributed by atoms with E-state index in [1.807, 2.05) is 49.9 Å². The van der Waals surface area contributed by atoms with Crippen molar-refractivity contribution in [3.8, 4) is 17.0 Å². The van der Waals surface area contributed by atoms with Crippen LogP contribution in [0.4, 0.5) is 4.79 Å². The number of carbonyl (C=O) groups excluding carboxylic acids is 1. The summed E-state index contributed by atoms with van der Waals surface area (Å²) in [6, 6.07) is 7.90. The Bertz CT molecular complexity index is 766. The molecule has 0 saturated carbocycles. The topological polar surface area (TPSA) is 51.7 Å². The van der Waals surface area contributed by atoms with E-state index < -0.39 is 5.60 Å². The number of amides is 1. The molecule has 1 aromatic carbocycles. The molecule has 0 aliphatic carbocycles. The Morgan fingerprint density at radius 3 is 2.81 bits per heavy atom. The Kier molecular flexibility index (Phi) is 5.51. The van der Waals surface area contributed by atoms with Crippen LogP contribution in [0.15, 0.2) is 29.6 Å². The zero-order valence-electron chi connectivity index (χ0n) is 15.8. The number of aromatic nitrogens is 1. The zero-order valence-corrected chi connectivity index (χ0v) is 16.6. The van der Waals surface area contributed by atoms with Gasteiger partial charge >= 0.3 is 6.09 Å². The molecule has 3 rings (SSSR count). The first-order valence-corrected chi connectivity index (χ1v) is 9.82. The van der Waals surface area contributed by atoms with Crippen LogP contribution in [0.3, 0.4) is 0 Å². The molecule has 1 aromatic heterocycles. The summed E-state index contributed by atoms with van der Waals surface area (Å²) in [6.45, 7) is 7.09. The molecule has 1 atom stereocenters. The molecule has 5 nitrogen and oxygen atoms in total. The summed E-state index contributed by atoms with van der Waals surface area (Å²) in [5.74, 6) is 1.08. The molecule has 2 aromatic rings. The minimum absolute atomic E-state index is 0.233. The molecule has 0 spiro atoms. The van der Waals surface area contributed by atoms with E-state index >= 15 is 0 Å². The van der Waals surface area contributed by atoms with E-state index in [1.165, 1.54) is 0 Å². The second kappa shape index (κ2) is 7.66. The SMILES string of the molecule is COc1ccccc1-c1csc([C@@H]2CCCN(C(=O)OC(C)(C)C)C2)n1. The predicted molar refractivity (Wildman–Crippen MR) is 104 cm³/mol. The van der Waals surface area contributed by atoms with Crippen LogP contribution in [0.1, 0.15) is 44.5 Å². The van der Waals surface area contributed by atoms with E-state index in [0.29, 0.717) is 6.54 Å². The fraction of sp³-hybridized carbons (Fsp3) is 0.500. The Balaban J connectivity index is 1.74. The molecule has 1 aliphatic rings. The third-order valence-electron chi connectivity index (χ3n) is 4.33. The zero-order chi connectivity index (χ0) is 18.7. The van der Waals surface area contributed by atoms with Gasteiger partial charge in [-0.2, -0.15) is 0 Å². The van der Waals surface area contributed by atoms with Gasteiger partial charge in [-0.1, -0.05) is 12.1 Å². The fourth-order valence-corrected chi connectivity index (χ4v) is 4.07. The van der Waals surface area contributed by atoms with Gasteiger partial charge in [0, 0.05) is 30.0 Å². The van der Waals surface area contributed by atoms with Crippen molar-refractivity contribution in [2.75, 3.05) is 20.2 Å². The first-order valence-electron chi connectivity index (χ1n) is 8.94. The highest BCUT2D eigenvalue weighted by atomic mass is 32.1. The van der Waals surface area contributed by atoms with E-state index in [-0.39, 0.29) is 12.0 Å². The van der Waals surface area contributed by atoms with Gasteiger partial charge in [0.15, 0.2) is 0 Å². The second-order valence-corrected chi connectivity index (χ2v) is 8.43. The molecular formula is C20H26N2O3S. The average molecular weight is 375 g/mol. The lowest BCUT2D eigenvalue weighted by Gasteiger charge is -2.33. The van der Waals surface area contributed by atoms with Crippen LogP contribution < -0.4 is 4.74 Å². The quantitative estimate of drug-likeness (QED) is 0.764. The van der Waals surface area contributed by atoms with Crippen molar-refractivity contribution in [3.63, 3.8) is 0 Å². The maximum Gasteiger partial charge on any atom is 0.410 e. The van der Waals surface area contributed by atoms with E-state index in [9.17, 15) is 4.79 Å². The van der Waals surface area contributed by atoms with Gasteiger partial charge in [-0.25, -0.2) is 9.78 Å². The van der Waals surface area contributed by atoms with E-state index in [1.54, 1.807) is 18.4 Å². The van der Waals surface area contributed by atoms with E-state index in [0.717, 1.165) is 41.4 Å². The summed E-state index contributed by atoms with van der Waals surface area (Å²) in [7, 11) is 1.67. The molecule has 1 saturated heterocycles. The van der Waals surface area contributed by atoms with Crippen molar-refractivity contribution in [1.29, 1.82) is 0 Å². The lowest BCUT2D eigenvalue weighted by atomic mass is 9.99. The van der Waals surface area contributed by atoms with Crippen LogP contribution in [0, 0.1) is 0 Å².